The Bertz CT molecular complexity index is 2050. The van der Waals surface area contributed by atoms with Crippen LogP contribution < -0.4 is 16.4 Å². The van der Waals surface area contributed by atoms with Crippen molar-refractivity contribution in [1.29, 1.82) is 0 Å². The number of carboxylic acids is 1. The van der Waals surface area contributed by atoms with Crippen LogP contribution in [0, 0.1) is 5.92 Å². The van der Waals surface area contributed by atoms with Gasteiger partial charge in [-0.1, -0.05) is 56.3 Å². The second kappa shape index (κ2) is 23.3. The molecule has 5 rings (SSSR count). The van der Waals surface area contributed by atoms with E-state index in [-0.39, 0.29) is 58.1 Å². The molecule has 57 heavy (non-hydrogen) atoms. The zero-order chi connectivity index (χ0) is 40.8. The maximum atomic E-state index is 12.4. The van der Waals surface area contributed by atoms with E-state index in [0.717, 1.165) is 39.2 Å². The van der Waals surface area contributed by atoms with Crippen LogP contribution in [0.3, 0.4) is 0 Å². The average molecular weight is 882 g/mol. The van der Waals surface area contributed by atoms with Gasteiger partial charge in [-0.25, -0.2) is 24.2 Å². The number of para-hydroxylation sites is 1. The van der Waals surface area contributed by atoms with E-state index in [9.17, 15) is 29.5 Å². The first-order valence-electron chi connectivity index (χ1n) is 17.8. The number of phenols is 1. The van der Waals surface area contributed by atoms with E-state index in [0.29, 0.717) is 42.5 Å². The number of ether oxygens (including phenoxy) is 1. The van der Waals surface area contributed by atoms with Crippen molar-refractivity contribution >= 4 is 54.3 Å². The third-order valence-electron chi connectivity index (χ3n) is 8.25. The fourth-order valence-corrected chi connectivity index (χ4v) is 6.02. The molecule has 0 aliphatic heterocycles. The van der Waals surface area contributed by atoms with E-state index in [4.69, 9.17) is 20.2 Å². The zero-order valence-electron chi connectivity index (χ0n) is 32.3. The van der Waals surface area contributed by atoms with Gasteiger partial charge in [-0.15, -0.1) is 0 Å². The normalized spacial score (nSPS) is 12.2. The summed E-state index contributed by atoms with van der Waals surface area (Å²) in [4.78, 5) is 54.9. The van der Waals surface area contributed by atoms with Crippen LogP contribution in [0.4, 0.5) is 10.6 Å². The van der Waals surface area contributed by atoms with E-state index in [1.807, 2.05) is 24.3 Å². The summed E-state index contributed by atoms with van der Waals surface area (Å²) in [5.41, 5.74) is 9.82. The number of carbonyl (C=O) groups is 3. The number of nitrogens with one attached hydrogen (secondary N) is 2. The fourth-order valence-electron chi connectivity index (χ4n) is 5.29. The van der Waals surface area contributed by atoms with Gasteiger partial charge in [-0.2, -0.15) is 5.06 Å². The molecule has 0 spiro atoms. The van der Waals surface area contributed by atoms with E-state index < -0.39 is 32.5 Å². The van der Waals surface area contributed by atoms with Gasteiger partial charge < -0.3 is 45.2 Å². The molecule has 2 amide bonds. The molecule has 2 heterocycles. The summed E-state index contributed by atoms with van der Waals surface area (Å²) < 4.78 is 14.2. The molecule has 2 aromatic heterocycles. The molecule has 2 unspecified atom stereocenters. The number of carbonyl (C=O) groups excluding carboxylic acids is 2. The molecule has 0 aliphatic carbocycles. The number of pyridine rings is 1. The number of hydrogen-bond donors (Lipinski definition) is 7. The Morgan fingerprint density at radius 3 is 2.28 bits per heavy atom. The van der Waals surface area contributed by atoms with Crippen LogP contribution in [0.15, 0.2) is 79.1 Å². The van der Waals surface area contributed by atoms with Gasteiger partial charge in [0.15, 0.2) is 5.82 Å². The smallest absolute Gasteiger partial charge is 0.413 e. The zero-order valence-corrected chi connectivity index (χ0v) is 36.0. The van der Waals surface area contributed by atoms with Crippen LogP contribution in [-0.4, -0.2) is 102 Å². The average Bonchev–Trinajstić information content (AvgIpc) is 3.60. The maximum Gasteiger partial charge on any atom is 0.413 e. The molecule has 2 atom stereocenters. The van der Waals surface area contributed by atoms with Crippen molar-refractivity contribution in [2.24, 2.45) is 11.7 Å². The monoisotopic (exact) mass is 881 g/mol. The standard InChI is InChI=1S/C22H22N4O3.C16H27N4O6P.Y/c1-14(2)11-26-13-23-19-20(26)17-5-3-4-6-18(17)24-21(19)25-22(28)29-12-15-7-9-16(27)10-8-15;1-19(24)8-9-20(2)27(25)26-10-7-14(16(22)23)18-15(21)13-5-3-12(11-17)4-6-13;/h3-10,13-14,27H,11-12H2,1-2H3,(H,24,25,28);3-6,14,24-25H,7-11,17H2,1-2H3,(H,18,21)(H,22,23);. The SMILES string of the molecule is CC(C)Cn1cnc2c(NC(=O)OCc3ccc(O)cc3)nc3ccccc3c21.CN(O)CCN(C)P(O)OCCC(NC(=O)c1ccc(CN)cc1)C(=O)O.[Y]. The van der Waals surface area contributed by atoms with Crippen molar-refractivity contribution < 1.29 is 76.7 Å². The largest absolute Gasteiger partial charge is 0.508 e. The first-order valence-corrected chi connectivity index (χ1v) is 18.9. The number of benzene rings is 3. The summed E-state index contributed by atoms with van der Waals surface area (Å²) in [5.74, 6) is -0.718. The van der Waals surface area contributed by atoms with Gasteiger partial charge in [0.05, 0.1) is 24.0 Å². The van der Waals surface area contributed by atoms with E-state index in [2.05, 4.69) is 39.0 Å². The Hall–Kier alpha value is -4.16. The molecule has 1 radical (unpaired) electrons. The molecule has 5 aromatic rings. The molecule has 0 aliphatic rings. The number of carboxylic acid groups (broad SMARTS) is 1. The van der Waals surface area contributed by atoms with E-state index in [1.165, 1.54) is 11.7 Å². The van der Waals surface area contributed by atoms with Crippen molar-refractivity contribution in [3.63, 3.8) is 0 Å². The Morgan fingerprint density at radius 2 is 1.65 bits per heavy atom. The minimum atomic E-state index is -1.91. The third-order valence-corrected chi connectivity index (χ3v) is 9.45. The molecular formula is C38H49N8O9PY. The number of nitrogens with zero attached hydrogens (tertiary/aromatic N) is 5. The fraction of sp³-hybridized carbons (Fsp3) is 0.342. The van der Waals surface area contributed by atoms with Gasteiger partial charge >= 0.3 is 12.1 Å². The Labute approximate surface area is 357 Å². The molecule has 0 saturated heterocycles. The predicted octanol–water partition coefficient (Wildman–Crippen LogP) is 4.90. The van der Waals surface area contributed by atoms with Crippen LogP contribution in [0.1, 0.15) is 41.8 Å². The predicted molar refractivity (Wildman–Crippen MR) is 212 cm³/mol. The number of imidazole rings is 1. The molecule has 3 aromatic carbocycles. The minimum absolute atomic E-state index is 0. The number of amides is 2. The Morgan fingerprint density at radius 1 is 0.982 bits per heavy atom. The third kappa shape index (κ3) is 14.6. The summed E-state index contributed by atoms with van der Waals surface area (Å²) in [6, 6.07) is 19.7. The van der Waals surface area contributed by atoms with Crippen LogP contribution in [0.25, 0.3) is 21.9 Å². The van der Waals surface area contributed by atoms with Gasteiger partial charge in [0.25, 0.3) is 14.4 Å². The molecule has 0 fully saturated rings. The van der Waals surface area contributed by atoms with Crippen molar-refractivity contribution in [3.8, 4) is 5.75 Å². The summed E-state index contributed by atoms with van der Waals surface area (Å²) in [5, 5.41) is 34.8. The molecule has 0 saturated carbocycles. The first-order chi connectivity index (χ1) is 26.7. The van der Waals surface area contributed by atoms with Gasteiger partial charge in [0.2, 0.25) is 0 Å². The number of aromatic nitrogens is 3. The molecule has 17 nitrogen and oxygen atoms in total. The number of aromatic hydroxyl groups is 1. The summed E-state index contributed by atoms with van der Waals surface area (Å²) >= 11 is 0. The molecule has 0 bridgehead atoms. The number of likely N-dealkylation sites (N-methyl/N-ethyl adjacent to an activating group) is 2. The summed E-state index contributed by atoms with van der Waals surface area (Å²) in [7, 11) is 1.19. The second-order valence-electron chi connectivity index (χ2n) is 13.2. The Kier molecular flexibility index (Phi) is 19.3. The van der Waals surface area contributed by atoms with Crippen LogP contribution >= 0.6 is 8.53 Å². The van der Waals surface area contributed by atoms with Gasteiger partial charge in [-0.05, 0) is 54.4 Å². The van der Waals surface area contributed by atoms with Gasteiger partial charge in [0.1, 0.15) is 23.9 Å². The maximum absolute atomic E-state index is 12.4. The number of hydroxylamine groups is 2. The Balaban J connectivity index is 0.000000301. The topological polar surface area (TPSA) is 238 Å². The van der Waals surface area contributed by atoms with Crippen molar-refractivity contribution in [1.82, 2.24) is 29.6 Å². The van der Waals surface area contributed by atoms with Crippen molar-refractivity contribution in [2.75, 3.05) is 39.1 Å². The number of anilines is 1. The number of fused-ring (bicyclic) bond motifs is 3. The molecule has 19 heteroatoms. The quantitative estimate of drug-likeness (QED) is 0.0486. The first kappa shape index (κ1) is 47.2. The molecule has 8 N–H and O–H groups in total. The number of hydrogen-bond acceptors (Lipinski definition) is 13. The number of phenolic OH excluding ortho intramolecular Hbond substituents is 1. The van der Waals surface area contributed by atoms with Crippen molar-refractivity contribution in [3.05, 3.63) is 95.8 Å². The van der Waals surface area contributed by atoms with Crippen LogP contribution in [0.2, 0.25) is 0 Å². The summed E-state index contributed by atoms with van der Waals surface area (Å²) in [6.07, 6.45) is 1.17. The van der Waals surface area contributed by atoms with Gasteiger partial charge in [0, 0.05) is 83.3 Å². The van der Waals surface area contributed by atoms with Crippen molar-refractivity contribution in [2.45, 2.75) is 46.0 Å². The molecular weight excluding hydrogens is 832 g/mol. The molecule has 303 valence electrons. The van der Waals surface area contributed by atoms with Gasteiger partial charge in [-0.3, -0.25) is 10.1 Å². The van der Waals surface area contributed by atoms with Crippen LogP contribution in [-0.2, 0) is 66.5 Å². The number of aliphatic carboxylic acids is 1. The van der Waals surface area contributed by atoms with E-state index in [1.54, 1.807) is 61.9 Å². The second-order valence-corrected chi connectivity index (χ2v) is 14.7. The number of nitrogens with two attached hydrogens (primary N) is 1. The van der Waals surface area contributed by atoms with E-state index >= 15 is 0 Å². The number of rotatable bonds is 17. The summed E-state index contributed by atoms with van der Waals surface area (Å²) in [6.45, 7) is 6.18. The minimum Gasteiger partial charge on any atom is -0.508 e. The van der Waals surface area contributed by atoms with Crippen LogP contribution in [0.5, 0.6) is 5.75 Å².